The Morgan fingerprint density at radius 2 is 1.77 bits per heavy atom. The number of H-pyrrole nitrogens is 1. The van der Waals surface area contributed by atoms with Crippen LogP contribution in [0.1, 0.15) is 5.56 Å². The van der Waals surface area contributed by atoms with E-state index < -0.39 is 18.2 Å². The molecule has 10 heteroatoms. The molecule has 0 aliphatic heterocycles. The molecule has 134 valence electrons. The van der Waals surface area contributed by atoms with Crippen LogP contribution in [0.15, 0.2) is 47.6 Å². The normalized spacial score (nSPS) is 11.4. The first-order valence-electron chi connectivity index (χ1n) is 7.17. The van der Waals surface area contributed by atoms with Gasteiger partial charge in [0.05, 0.1) is 11.8 Å². The van der Waals surface area contributed by atoms with Crippen LogP contribution >= 0.6 is 12.2 Å². The summed E-state index contributed by atoms with van der Waals surface area (Å²) in [6, 6.07) is 9.02. The third-order valence-corrected chi connectivity index (χ3v) is 3.55. The van der Waals surface area contributed by atoms with Crippen molar-refractivity contribution in [3.05, 3.63) is 64.4 Å². The second-order valence-corrected chi connectivity index (χ2v) is 5.33. The minimum atomic E-state index is -2.93. The van der Waals surface area contributed by atoms with Gasteiger partial charge in [0, 0.05) is 5.56 Å². The Hall–Kier alpha value is -3.01. The number of halogens is 4. The van der Waals surface area contributed by atoms with Gasteiger partial charge in [-0.2, -0.15) is 23.7 Å². The maximum atomic E-state index is 13.7. The monoisotopic (exact) mass is 382 g/mol. The maximum absolute atomic E-state index is 13.7. The molecule has 0 aliphatic rings. The lowest BCUT2D eigenvalue weighted by atomic mass is 10.2. The van der Waals surface area contributed by atoms with E-state index in [1.807, 2.05) is 0 Å². The van der Waals surface area contributed by atoms with Crippen molar-refractivity contribution < 1.29 is 22.3 Å². The van der Waals surface area contributed by atoms with Crippen LogP contribution in [0.25, 0.3) is 11.4 Å². The molecule has 2 aromatic carbocycles. The lowest BCUT2D eigenvalue weighted by molar-refractivity contribution is -0.0498. The molecule has 0 saturated heterocycles. The Morgan fingerprint density at radius 3 is 2.38 bits per heavy atom. The highest BCUT2D eigenvalue weighted by Crippen LogP contribution is 2.22. The Balaban J connectivity index is 1.95. The van der Waals surface area contributed by atoms with Crippen LogP contribution < -0.4 is 4.74 Å². The molecular formula is C16H10F4N4OS. The van der Waals surface area contributed by atoms with Gasteiger partial charge in [-0.25, -0.2) is 13.9 Å². The Kier molecular flexibility index (Phi) is 5.12. The van der Waals surface area contributed by atoms with Crippen LogP contribution in [0.2, 0.25) is 0 Å². The molecule has 0 aliphatic carbocycles. The van der Waals surface area contributed by atoms with E-state index in [2.05, 4.69) is 20.0 Å². The molecule has 0 saturated carbocycles. The summed E-state index contributed by atoms with van der Waals surface area (Å²) in [4.78, 5) is 0. The van der Waals surface area contributed by atoms with Crippen LogP contribution in [0.3, 0.4) is 0 Å². The number of aromatic amines is 1. The van der Waals surface area contributed by atoms with Crippen molar-refractivity contribution in [2.75, 3.05) is 0 Å². The summed E-state index contributed by atoms with van der Waals surface area (Å²) in [6.45, 7) is -2.93. The van der Waals surface area contributed by atoms with Crippen molar-refractivity contribution in [2.45, 2.75) is 6.61 Å². The molecule has 5 nitrogen and oxygen atoms in total. The standard InChI is InChI=1S/C16H10F4N4OS/c17-12-2-1-3-13(18)11(12)8-21-24-14(22-23-16(24)26)9-4-6-10(7-5-9)25-15(19)20/h1-8,15H,(H,23,26). The Morgan fingerprint density at radius 1 is 1.12 bits per heavy atom. The quantitative estimate of drug-likeness (QED) is 0.405. The van der Waals surface area contributed by atoms with Gasteiger partial charge in [0.25, 0.3) is 0 Å². The average Bonchev–Trinajstić information content (AvgIpc) is 2.95. The van der Waals surface area contributed by atoms with E-state index in [9.17, 15) is 17.6 Å². The van der Waals surface area contributed by atoms with Gasteiger partial charge in [0.1, 0.15) is 17.4 Å². The van der Waals surface area contributed by atoms with Crippen molar-refractivity contribution >= 4 is 18.4 Å². The van der Waals surface area contributed by atoms with E-state index in [4.69, 9.17) is 12.2 Å². The second kappa shape index (κ2) is 7.48. The van der Waals surface area contributed by atoms with Crippen LogP contribution in [0, 0.1) is 16.4 Å². The van der Waals surface area contributed by atoms with Crippen molar-refractivity contribution in [3.8, 4) is 17.1 Å². The Bertz CT molecular complexity index is 978. The predicted molar refractivity (Wildman–Crippen MR) is 88.8 cm³/mol. The number of nitrogens with zero attached hydrogens (tertiary/aromatic N) is 3. The summed E-state index contributed by atoms with van der Waals surface area (Å²) in [5, 5.41) is 10.5. The van der Waals surface area contributed by atoms with Crippen LogP contribution in [-0.2, 0) is 0 Å². The number of hydrogen-bond acceptors (Lipinski definition) is 4. The number of nitrogens with one attached hydrogen (secondary N) is 1. The zero-order valence-corrected chi connectivity index (χ0v) is 13.7. The van der Waals surface area contributed by atoms with E-state index in [-0.39, 0.29) is 21.9 Å². The molecule has 0 fully saturated rings. The molecule has 0 bridgehead atoms. The summed E-state index contributed by atoms with van der Waals surface area (Å²) >= 11 is 5.06. The third-order valence-electron chi connectivity index (χ3n) is 3.29. The lowest BCUT2D eigenvalue weighted by Crippen LogP contribution is -2.02. The highest BCUT2D eigenvalue weighted by atomic mass is 32.1. The van der Waals surface area contributed by atoms with Crippen LogP contribution in [0.5, 0.6) is 5.75 Å². The molecule has 3 aromatic rings. The fourth-order valence-corrected chi connectivity index (χ4v) is 2.30. The van der Waals surface area contributed by atoms with Gasteiger partial charge in [-0.15, -0.1) is 0 Å². The van der Waals surface area contributed by atoms with Crippen molar-refractivity contribution in [3.63, 3.8) is 0 Å². The van der Waals surface area contributed by atoms with Crippen molar-refractivity contribution in [2.24, 2.45) is 5.10 Å². The summed E-state index contributed by atoms with van der Waals surface area (Å²) in [5.74, 6) is -1.36. The van der Waals surface area contributed by atoms with Gasteiger partial charge < -0.3 is 4.74 Å². The fourth-order valence-electron chi connectivity index (χ4n) is 2.12. The minimum absolute atomic E-state index is 0.0265. The fraction of sp³-hybridized carbons (Fsp3) is 0.0625. The number of alkyl halides is 2. The van der Waals surface area contributed by atoms with Crippen LogP contribution in [0.4, 0.5) is 17.6 Å². The molecule has 1 heterocycles. The van der Waals surface area contributed by atoms with E-state index in [0.29, 0.717) is 5.56 Å². The number of ether oxygens (including phenoxy) is 1. The first kappa shape index (κ1) is 17.8. The second-order valence-electron chi connectivity index (χ2n) is 4.95. The first-order valence-corrected chi connectivity index (χ1v) is 7.57. The minimum Gasteiger partial charge on any atom is -0.435 e. The molecule has 0 unspecified atom stereocenters. The number of rotatable bonds is 5. The van der Waals surface area contributed by atoms with Gasteiger partial charge in [-0.3, -0.25) is 0 Å². The maximum Gasteiger partial charge on any atom is 0.387 e. The highest BCUT2D eigenvalue weighted by molar-refractivity contribution is 7.71. The predicted octanol–water partition coefficient (Wildman–Crippen LogP) is 4.37. The molecule has 1 N–H and O–H groups in total. The van der Waals surface area contributed by atoms with E-state index in [1.54, 1.807) is 0 Å². The van der Waals surface area contributed by atoms with Gasteiger partial charge in [0.2, 0.25) is 4.77 Å². The number of benzene rings is 2. The third kappa shape index (κ3) is 3.80. The first-order chi connectivity index (χ1) is 12.5. The summed E-state index contributed by atoms with van der Waals surface area (Å²) in [5.41, 5.74) is 0.146. The van der Waals surface area contributed by atoms with E-state index in [1.165, 1.54) is 30.3 Å². The molecule has 3 rings (SSSR count). The van der Waals surface area contributed by atoms with Gasteiger partial charge >= 0.3 is 6.61 Å². The van der Waals surface area contributed by atoms with Gasteiger partial charge in [-0.1, -0.05) is 6.07 Å². The molecule has 0 atom stereocenters. The molecule has 1 aromatic heterocycles. The van der Waals surface area contributed by atoms with Gasteiger partial charge in [-0.05, 0) is 48.6 Å². The van der Waals surface area contributed by atoms with Crippen molar-refractivity contribution in [1.82, 2.24) is 14.9 Å². The molecule has 0 spiro atoms. The molecule has 0 radical (unpaired) electrons. The smallest absolute Gasteiger partial charge is 0.387 e. The van der Waals surface area contributed by atoms with Crippen LogP contribution in [-0.4, -0.2) is 27.7 Å². The summed E-state index contributed by atoms with van der Waals surface area (Å²) in [7, 11) is 0. The largest absolute Gasteiger partial charge is 0.435 e. The topological polar surface area (TPSA) is 55.2 Å². The molecule has 26 heavy (non-hydrogen) atoms. The lowest BCUT2D eigenvalue weighted by Gasteiger charge is -2.05. The van der Waals surface area contributed by atoms with Gasteiger partial charge in [0.15, 0.2) is 5.82 Å². The molecular weight excluding hydrogens is 372 g/mol. The molecule has 0 amide bonds. The number of aromatic nitrogens is 3. The number of hydrogen-bond donors (Lipinski definition) is 1. The average molecular weight is 382 g/mol. The van der Waals surface area contributed by atoms with Crippen molar-refractivity contribution in [1.29, 1.82) is 0 Å². The highest BCUT2D eigenvalue weighted by Gasteiger charge is 2.11. The van der Waals surface area contributed by atoms with E-state index in [0.717, 1.165) is 23.0 Å². The van der Waals surface area contributed by atoms with E-state index >= 15 is 0 Å². The summed E-state index contributed by atoms with van der Waals surface area (Å²) in [6.07, 6.45) is 0.980. The Labute approximate surface area is 149 Å². The SMILES string of the molecule is Fc1cccc(F)c1C=Nn1c(-c2ccc(OC(F)F)cc2)n[nH]c1=S. The zero-order chi connectivity index (χ0) is 18.7. The zero-order valence-electron chi connectivity index (χ0n) is 12.9. The summed E-state index contributed by atoms with van der Waals surface area (Å²) < 4.78 is 57.3.